The van der Waals surface area contributed by atoms with Gasteiger partial charge < -0.3 is 24.7 Å². The second-order valence-electron chi connectivity index (χ2n) is 6.81. The molecule has 1 saturated heterocycles. The molecule has 2 N–H and O–H groups in total. The van der Waals surface area contributed by atoms with Crippen LogP contribution in [0.3, 0.4) is 0 Å². The zero-order chi connectivity index (χ0) is 20.4. The van der Waals surface area contributed by atoms with Crippen LogP contribution < -0.4 is 10.6 Å². The molecule has 1 amide bonds. The Hall–Kier alpha value is -2.22. The van der Waals surface area contributed by atoms with Gasteiger partial charge in [-0.15, -0.1) is 0 Å². The summed E-state index contributed by atoms with van der Waals surface area (Å²) in [7, 11) is 1.78. The van der Waals surface area contributed by atoms with Crippen LogP contribution in [0.15, 0.2) is 27.8 Å². The third-order valence-electron chi connectivity index (χ3n) is 5.17. The Morgan fingerprint density at radius 2 is 2.07 bits per heavy atom. The molecule has 1 atom stereocenters. The van der Waals surface area contributed by atoms with Gasteiger partial charge in [0.1, 0.15) is 5.76 Å². The van der Waals surface area contributed by atoms with Gasteiger partial charge in [0.05, 0.1) is 18.9 Å². The normalized spacial score (nSPS) is 16.9. The number of likely N-dealkylation sites (N-methyl/N-ethyl adjacent to an activating group) is 1. The van der Waals surface area contributed by atoms with Gasteiger partial charge in [-0.3, -0.25) is 9.89 Å². The number of rotatable bonds is 8. The van der Waals surface area contributed by atoms with Gasteiger partial charge in [0.25, 0.3) is 0 Å². The summed E-state index contributed by atoms with van der Waals surface area (Å²) in [5.41, 5.74) is 0. The van der Waals surface area contributed by atoms with Crippen LogP contribution in [0.5, 0.6) is 0 Å². The lowest BCUT2D eigenvalue weighted by atomic mass is 10.1. The van der Waals surface area contributed by atoms with Gasteiger partial charge in [0.2, 0.25) is 0 Å². The maximum atomic E-state index is 11.8. The standard InChI is InChI=1S/C20H35N5O3/c1-5-24(6-2)17(18-9-8-14-28-18)15-22-19(21-4)23-16-10-12-25(13-11-16)20(26)27-7-3/h8-9,14,16-17H,5-7,10-13,15H2,1-4H3,(H2,21,22,23). The summed E-state index contributed by atoms with van der Waals surface area (Å²) in [6, 6.07) is 4.38. The Balaban J connectivity index is 1.86. The van der Waals surface area contributed by atoms with Crippen molar-refractivity contribution in [2.45, 2.75) is 45.7 Å². The Kier molecular flexibility index (Phi) is 9.13. The second-order valence-corrected chi connectivity index (χ2v) is 6.81. The number of nitrogens with zero attached hydrogens (tertiary/aromatic N) is 3. The number of ether oxygens (including phenoxy) is 1. The van der Waals surface area contributed by atoms with Crippen LogP contribution in [0.25, 0.3) is 0 Å². The lowest BCUT2D eigenvalue weighted by Crippen LogP contribution is -2.51. The molecule has 8 heteroatoms. The minimum absolute atomic E-state index is 0.147. The van der Waals surface area contributed by atoms with E-state index in [1.165, 1.54) is 0 Å². The van der Waals surface area contributed by atoms with Crippen LogP contribution in [0.2, 0.25) is 0 Å². The summed E-state index contributed by atoms with van der Waals surface area (Å²) in [6.45, 7) is 10.5. The number of carbonyl (C=O) groups excluding carboxylic acids is 1. The maximum absolute atomic E-state index is 11.8. The van der Waals surface area contributed by atoms with Crippen LogP contribution in [0.1, 0.15) is 45.4 Å². The van der Waals surface area contributed by atoms with Gasteiger partial charge in [-0.1, -0.05) is 13.8 Å². The zero-order valence-electron chi connectivity index (χ0n) is 17.6. The van der Waals surface area contributed by atoms with Crippen LogP contribution in [0, 0.1) is 0 Å². The van der Waals surface area contributed by atoms with Crippen molar-refractivity contribution < 1.29 is 13.9 Å². The van der Waals surface area contributed by atoms with Crippen molar-refractivity contribution in [1.82, 2.24) is 20.4 Å². The van der Waals surface area contributed by atoms with Crippen LogP contribution >= 0.6 is 0 Å². The molecule has 0 aliphatic carbocycles. The number of piperidine rings is 1. The number of hydrogen-bond acceptors (Lipinski definition) is 5. The van der Waals surface area contributed by atoms with Crippen molar-refractivity contribution in [3.8, 4) is 0 Å². The summed E-state index contributed by atoms with van der Waals surface area (Å²) in [6.07, 6.45) is 3.24. The lowest BCUT2D eigenvalue weighted by molar-refractivity contribution is 0.0963. The third kappa shape index (κ3) is 6.15. The molecule has 1 aliphatic heterocycles. The highest BCUT2D eigenvalue weighted by Gasteiger charge is 2.25. The summed E-state index contributed by atoms with van der Waals surface area (Å²) < 4.78 is 10.7. The monoisotopic (exact) mass is 393 g/mol. The zero-order valence-corrected chi connectivity index (χ0v) is 17.6. The van der Waals surface area contributed by atoms with Crippen molar-refractivity contribution in [2.24, 2.45) is 4.99 Å². The summed E-state index contributed by atoms with van der Waals surface area (Å²) in [5, 5.41) is 6.92. The molecule has 158 valence electrons. The van der Waals surface area contributed by atoms with Crippen LogP contribution in [-0.4, -0.2) is 74.3 Å². The molecule has 1 aromatic rings. The minimum atomic E-state index is -0.219. The van der Waals surface area contributed by atoms with E-state index >= 15 is 0 Å². The van der Waals surface area contributed by atoms with Crippen LogP contribution in [0.4, 0.5) is 4.79 Å². The molecule has 0 radical (unpaired) electrons. The number of aliphatic imine (C=N–C) groups is 1. The van der Waals surface area contributed by atoms with E-state index in [1.807, 2.05) is 19.1 Å². The predicted molar refractivity (Wildman–Crippen MR) is 110 cm³/mol. The van der Waals surface area contributed by atoms with Crippen molar-refractivity contribution in [1.29, 1.82) is 0 Å². The fourth-order valence-corrected chi connectivity index (χ4v) is 3.56. The molecular formula is C20H35N5O3. The highest BCUT2D eigenvalue weighted by Crippen LogP contribution is 2.20. The Morgan fingerprint density at radius 3 is 2.61 bits per heavy atom. The number of hydrogen-bond donors (Lipinski definition) is 2. The van der Waals surface area contributed by atoms with E-state index in [-0.39, 0.29) is 18.2 Å². The Morgan fingerprint density at radius 1 is 1.36 bits per heavy atom. The smallest absolute Gasteiger partial charge is 0.409 e. The number of amides is 1. The SMILES string of the molecule is CCOC(=O)N1CCC(NC(=NC)NCC(c2ccco2)N(CC)CC)CC1. The summed E-state index contributed by atoms with van der Waals surface area (Å²) >= 11 is 0. The molecule has 2 heterocycles. The fraction of sp³-hybridized carbons (Fsp3) is 0.700. The van der Waals surface area contributed by atoms with Crippen LogP contribution in [-0.2, 0) is 4.74 Å². The first-order chi connectivity index (χ1) is 13.6. The first-order valence-electron chi connectivity index (χ1n) is 10.3. The molecule has 8 nitrogen and oxygen atoms in total. The average Bonchev–Trinajstić information content (AvgIpc) is 3.25. The molecule has 0 saturated carbocycles. The first kappa shape index (κ1) is 22.1. The van der Waals surface area contributed by atoms with Gasteiger partial charge >= 0.3 is 6.09 Å². The van der Waals surface area contributed by atoms with E-state index in [9.17, 15) is 4.79 Å². The van der Waals surface area contributed by atoms with Gasteiger partial charge in [0.15, 0.2) is 5.96 Å². The van der Waals surface area contributed by atoms with Gasteiger partial charge in [-0.25, -0.2) is 4.79 Å². The van der Waals surface area contributed by atoms with E-state index in [4.69, 9.17) is 9.15 Å². The fourth-order valence-electron chi connectivity index (χ4n) is 3.56. The van der Waals surface area contributed by atoms with E-state index in [0.29, 0.717) is 26.2 Å². The van der Waals surface area contributed by atoms with Crippen molar-refractivity contribution >= 4 is 12.1 Å². The molecule has 2 rings (SSSR count). The average molecular weight is 394 g/mol. The van der Waals surface area contributed by atoms with E-state index < -0.39 is 0 Å². The number of guanidine groups is 1. The number of likely N-dealkylation sites (tertiary alicyclic amines) is 1. The van der Waals surface area contributed by atoms with Gasteiger partial charge in [0, 0.05) is 32.7 Å². The van der Waals surface area contributed by atoms with E-state index in [0.717, 1.165) is 37.7 Å². The maximum Gasteiger partial charge on any atom is 0.409 e. The largest absolute Gasteiger partial charge is 0.468 e. The lowest BCUT2D eigenvalue weighted by Gasteiger charge is -2.33. The summed E-state index contributed by atoms with van der Waals surface area (Å²) in [4.78, 5) is 20.3. The topological polar surface area (TPSA) is 82.3 Å². The highest BCUT2D eigenvalue weighted by molar-refractivity contribution is 5.80. The minimum Gasteiger partial charge on any atom is -0.468 e. The molecule has 1 aliphatic rings. The van der Waals surface area contributed by atoms with E-state index in [2.05, 4.69) is 34.4 Å². The first-order valence-corrected chi connectivity index (χ1v) is 10.3. The molecule has 1 fully saturated rings. The summed E-state index contributed by atoms with van der Waals surface area (Å²) in [5.74, 6) is 1.73. The quantitative estimate of drug-likeness (QED) is 0.521. The molecule has 28 heavy (non-hydrogen) atoms. The van der Waals surface area contributed by atoms with Gasteiger partial charge in [-0.2, -0.15) is 0 Å². The molecular weight excluding hydrogens is 358 g/mol. The number of furan rings is 1. The van der Waals surface area contributed by atoms with Gasteiger partial charge in [-0.05, 0) is 45.0 Å². The molecule has 0 spiro atoms. The number of nitrogens with one attached hydrogen (secondary N) is 2. The molecule has 0 bridgehead atoms. The third-order valence-corrected chi connectivity index (χ3v) is 5.17. The molecule has 0 aromatic carbocycles. The molecule has 1 aromatic heterocycles. The van der Waals surface area contributed by atoms with Crippen molar-refractivity contribution in [3.63, 3.8) is 0 Å². The van der Waals surface area contributed by atoms with Crippen molar-refractivity contribution in [2.75, 3.05) is 46.4 Å². The van der Waals surface area contributed by atoms with Crippen molar-refractivity contribution in [3.05, 3.63) is 24.2 Å². The predicted octanol–water partition coefficient (Wildman–Crippen LogP) is 2.45. The highest BCUT2D eigenvalue weighted by atomic mass is 16.6. The molecule has 1 unspecified atom stereocenters. The number of carbonyl (C=O) groups is 1. The Labute approximate surface area is 168 Å². The Bertz CT molecular complexity index is 593. The second kappa shape index (κ2) is 11.6. The van der Waals surface area contributed by atoms with E-state index in [1.54, 1.807) is 18.2 Å².